The maximum atomic E-state index is 6.06. The van der Waals surface area contributed by atoms with Crippen molar-refractivity contribution in [2.24, 2.45) is 5.73 Å². The largest absolute Gasteiger partial charge is 0.383 e. The Bertz CT molecular complexity index is 125. The van der Waals surface area contributed by atoms with E-state index in [-0.39, 0.29) is 11.6 Å². The molecular weight excluding hydrogens is 142 g/mol. The first-order chi connectivity index (χ1) is 5.16. The molecule has 1 aliphatic rings. The van der Waals surface area contributed by atoms with Crippen molar-refractivity contribution in [1.82, 2.24) is 0 Å². The van der Waals surface area contributed by atoms with Crippen LogP contribution in [0.5, 0.6) is 0 Å². The Morgan fingerprint density at radius 1 is 1.73 bits per heavy atom. The molecule has 0 spiro atoms. The van der Waals surface area contributed by atoms with Gasteiger partial charge in [0.25, 0.3) is 0 Å². The minimum atomic E-state index is -0.146. The van der Waals surface area contributed by atoms with Gasteiger partial charge in [-0.3, -0.25) is 0 Å². The summed E-state index contributed by atoms with van der Waals surface area (Å²) in [5.74, 6) is 0. The predicted octanol–water partition coefficient (Wildman–Crippen LogP) is 0.529. The minimum Gasteiger partial charge on any atom is -0.383 e. The fraction of sp³-hybridized carbons (Fsp3) is 1.00. The number of methoxy groups -OCH3 is 1. The molecule has 1 fully saturated rings. The van der Waals surface area contributed by atoms with Gasteiger partial charge in [0.15, 0.2) is 0 Å². The summed E-state index contributed by atoms with van der Waals surface area (Å²) in [7, 11) is 1.69. The number of ether oxygens (including phenoxy) is 2. The van der Waals surface area contributed by atoms with Crippen LogP contribution in [0.25, 0.3) is 0 Å². The van der Waals surface area contributed by atoms with E-state index in [1.165, 1.54) is 0 Å². The highest BCUT2D eigenvalue weighted by atomic mass is 16.5. The fourth-order valence-corrected chi connectivity index (χ4v) is 1.62. The Labute approximate surface area is 67.9 Å². The highest BCUT2D eigenvalue weighted by Crippen LogP contribution is 2.22. The van der Waals surface area contributed by atoms with Crippen molar-refractivity contribution in [3.05, 3.63) is 0 Å². The standard InChI is InChI=1S/C8H17NO2/c1-7-5-8(9,6-10-2)3-4-11-7/h7H,3-6,9H2,1-2H3. The molecule has 0 aromatic carbocycles. The summed E-state index contributed by atoms with van der Waals surface area (Å²) in [5, 5.41) is 0. The van der Waals surface area contributed by atoms with E-state index in [9.17, 15) is 0 Å². The van der Waals surface area contributed by atoms with Crippen molar-refractivity contribution in [3.63, 3.8) is 0 Å². The smallest absolute Gasteiger partial charge is 0.0644 e. The van der Waals surface area contributed by atoms with Gasteiger partial charge in [0.1, 0.15) is 0 Å². The Balaban J connectivity index is 2.41. The van der Waals surface area contributed by atoms with Gasteiger partial charge in [-0.25, -0.2) is 0 Å². The predicted molar refractivity (Wildman–Crippen MR) is 43.4 cm³/mol. The molecule has 0 amide bonds. The number of hydrogen-bond donors (Lipinski definition) is 1. The maximum Gasteiger partial charge on any atom is 0.0644 e. The summed E-state index contributed by atoms with van der Waals surface area (Å²) in [6, 6.07) is 0. The minimum absolute atomic E-state index is 0.146. The Hall–Kier alpha value is -0.120. The van der Waals surface area contributed by atoms with Gasteiger partial charge in [0, 0.05) is 19.3 Å². The third-order valence-electron chi connectivity index (χ3n) is 2.13. The second kappa shape index (κ2) is 3.52. The first-order valence-corrected chi connectivity index (χ1v) is 4.06. The van der Waals surface area contributed by atoms with Crippen LogP contribution in [0.2, 0.25) is 0 Å². The van der Waals surface area contributed by atoms with Crippen molar-refractivity contribution in [2.45, 2.75) is 31.4 Å². The zero-order valence-corrected chi connectivity index (χ0v) is 7.30. The summed E-state index contributed by atoms with van der Waals surface area (Å²) in [6.07, 6.45) is 2.09. The van der Waals surface area contributed by atoms with Crippen LogP contribution in [0.15, 0.2) is 0 Å². The molecule has 0 saturated carbocycles. The first kappa shape index (κ1) is 8.97. The van der Waals surface area contributed by atoms with Crippen molar-refractivity contribution in [3.8, 4) is 0 Å². The molecule has 3 heteroatoms. The summed E-state index contributed by atoms with van der Waals surface area (Å²) in [5.41, 5.74) is 5.91. The highest BCUT2D eigenvalue weighted by molar-refractivity contribution is 4.88. The topological polar surface area (TPSA) is 44.5 Å². The summed E-state index contributed by atoms with van der Waals surface area (Å²) >= 11 is 0. The average Bonchev–Trinajstić information content (AvgIpc) is 1.86. The van der Waals surface area contributed by atoms with Gasteiger partial charge >= 0.3 is 0 Å². The van der Waals surface area contributed by atoms with Crippen LogP contribution in [-0.2, 0) is 9.47 Å². The van der Waals surface area contributed by atoms with E-state index in [2.05, 4.69) is 6.92 Å². The Kier molecular flexibility index (Phi) is 2.87. The molecule has 1 heterocycles. The van der Waals surface area contributed by atoms with Crippen LogP contribution in [0.4, 0.5) is 0 Å². The molecule has 2 N–H and O–H groups in total. The lowest BCUT2D eigenvalue weighted by molar-refractivity contribution is -0.0289. The van der Waals surface area contributed by atoms with Gasteiger partial charge in [-0.05, 0) is 19.8 Å². The molecule has 1 saturated heterocycles. The van der Waals surface area contributed by atoms with Crippen LogP contribution in [0, 0.1) is 0 Å². The summed E-state index contributed by atoms with van der Waals surface area (Å²) in [6.45, 7) is 3.46. The van der Waals surface area contributed by atoms with E-state index in [0.717, 1.165) is 19.4 Å². The van der Waals surface area contributed by atoms with E-state index in [4.69, 9.17) is 15.2 Å². The number of nitrogens with two attached hydrogens (primary N) is 1. The Morgan fingerprint density at radius 3 is 3.00 bits per heavy atom. The third-order valence-corrected chi connectivity index (χ3v) is 2.13. The van der Waals surface area contributed by atoms with Crippen molar-refractivity contribution >= 4 is 0 Å². The molecule has 66 valence electrons. The average molecular weight is 159 g/mol. The van der Waals surface area contributed by atoms with Crippen LogP contribution < -0.4 is 5.73 Å². The zero-order valence-electron chi connectivity index (χ0n) is 7.30. The molecule has 11 heavy (non-hydrogen) atoms. The maximum absolute atomic E-state index is 6.06. The number of rotatable bonds is 2. The molecule has 0 radical (unpaired) electrons. The monoisotopic (exact) mass is 159 g/mol. The Morgan fingerprint density at radius 2 is 2.45 bits per heavy atom. The second-order valence-corrected chi connectivity index (χ2v) is 3.43. The molecule has 0 aromatic heterocycles. The lowest BCUT2D eigenvalue weighted by Crippen LogP contribution is -2.50. The lowest BCUT2D eigenvalue weighted by atomic mass is 9.89. The van der Waals surface area contributed by atoms with Crippen molar-refractivity contribution in [2.75, 3.05) is 20.3 Å². The van der Waals surface area contributed by atoms with E-state index in [0.29, 0.717) is 6.61 Å². The second-order valence-electron chi connectivity index (χ2n) is 3.43. The molecule has 0 bridgehead atoms. The van der Waals surface area contributed by atoms with E-state index < -0.39 is 0 Å². The van der Waals surface area contributed by atoms with Crippen LogP contribution in [0.3, 0.4) is 0 Å². The van der Waals surface area contributed by atoms with Gasteiger partial charge < -0.3 is 15.2 Å². The molecule has 0 aliphatic carbocycles. The van der Waals surface area contributed by atoms with Gasteiger partial charge in [0.2, 0.25) is 0 Å². The SMILES string of the molecule is COCC1(N)CCOC(C)C1. The number of hydrogen-bond acceptors (Lipinski definition) is 3. The molecule has 3 nitrogen and oxygen atoms in total. The molecule has 1 rings (SSSR count). The van der Waals surface area contributed by atoms with E-state index in [1.807, 2.05) is 0 Å². The lowest BCUT2D eigenvalue weighted by Gasteiger charge is -2.36. The normalized spacial score (nSPS) is 39.0. The van der Waals surface area contributed by atoms with Gasteiger partial charge in [-0.15, -0.1) is 0 Å². The molecule has 1 aliphatic heterocycles. The molecule has 2 atom stereocenters. The molecule has 2 unspecified atom stereocenters. The van der Waals surface area contributed by atoms with Gasteiger partial charge in [-0.1, -0.05) is 0 Å². The van der Waals surface area contributed by atoms with Crippen LogP contribution in [0.1, 0.15) is 19.8 Å². The highest BCUT2D eigenvalue weighted by Gasteiger charge is 2.31. The van der Waals surface area contributed by atoms with E-state index >= 15 is 0 Å². The molecular formula is C8H17NO2. The summed E-state index contributed by atoms with van der Waals surface area (Å²) in [4.78, 5) is 0. The van der Waals surface area contributed by atoms with Crippen LogP contribution >= 0.6 is 0 Å². The van der Waals surface area contributed by atoms with Gasteiger partial charge in [0.05, 0.1) is 12.7 Å². The zero-order chi connectivity index (χ0) is 8.32. The quantitative estimate of drug-likeness (QED) is 0.639. The third kappa shape index (κ3) is 2.43. The first-order valence-electron chi connectivity index (χ1n) is 4.06. The molecule has 0 aromatic rings. The van der Waals surface area contributed by atoms with Crippen molar-refractivity contribution in [1.29, 1.82) is 0 Å². The fourth-order valence-electron chi connectivity index (χ4n) is 1.62. The summed E-state index contributed by atoms with van der Waals surface area (Å²) < 4.78 is 10.4. The van der Waals surface area contributed by atoms with Crippen molar-refractivity contribution < 1.29 is 9.47 Å². The van der Waals surface area contributed by atoms with Crippen LogP contribution in [-0.4, -0.2) is 32.0 Å². The van der Waals surface area contributed by atoms with Gasteiger partial charge in [-0.2, -0.15) is 0 Å². The van der Waals surface area contributed by atoms with E-state index in [1.54, 1.807) is 7.11 Å².